The first-order valence-corrected chi connectivity index (χ1v) is 10.3. The van der Waals surface area contributed by atoms with Crippen LogP contribution in [0.3, 0.4) is 0 Å². The minimum absolute atomic E-state index is 0.0456. The van der Waals surface area contributed by atoms with E-state index in [-0.39, 0.29) is 16.5 Å². The van der Waals surface area contributed by atoms with Gasteiger partial charge in [0.25, 0.3) is 10.0 Å². The fraction of sp³-hybridized carbons (Fsp3) is 0.600. The molecule has 24 heavy (non-hydrogen) atoms. The SMILES string of the molecule is O=C(O)[C@H]1CCCN1C(=O)Cc1ccc(S(=O)(=O)N2CCCC2)s1. The molecule has 132 valence electrons. The number of aliphatic carboxylic acids is 1. The lowest BCUT2D eigenvalue weighted by Gasteiger charge is -2.21. The van der Waals surface area contributed by atoms with Crippen LogP contribution in [0.1, 0.15) is 30.6 Å². The normalized spacial score (nSPS) is 22.2. The predicted octanol–water partition coefficient (Wildman–Crippen LogP) is 1.15. The molecule has 1 N–H and O–H groups in total. The average Bonchev–Trinajstić information content (AvgIpc) is 3.27. The summed E-state index contributed by atoms with van der Waals surface area (Å²) < 4.78 is 26.7. The lowest BCUT2D eigenvalue weighted by atomic mass is 10.2. The first-order valence-electron chi connectivity index (χ1n) is 8.01. The molecule has 1 atom stereocenters. The van der Waals surface area contributed by atoms with Gasteiger partial charge in [0.15, 0.2) is 0 Å². The van der Waals surface area contributed by atoms with Crippen LogP contribution in [0.15, 0.2) is 16.3 Å². The van der Waals surface area contributed by atoms with Crippen LogP contribution in [0.2, 0.25) is 0 Å². The second-order valence-corrected chi connectivity index (χ2v) is 9.43. The van der Waals surface area contributed by atoms with Crippen LogP contribution in [0.25, 0.3) is 0 Å². The highest BCUT2D eigenvalue weighted by molar-refractivity contribution is 7.91. The van der Waals surface area contributed by atoms with Crippen molar-refractivity contribution in [3.05, 3.63) is 17.0 Å². The van der Waals surface area contributed by atoms with Crippen LogP contribution in [0, 0.1) is 0 Å². The minimum Gasteiger partial charge on any atom is -0.480 e. The number of rotatable bonds is 5. The fourth-order valence-corrected chi connectivity index (χ4v) is 6.24. The monoisotopic (exact) mass is 372 g/mol. The topological polar surface area (TPSA) is 95.0 Å². The highest BCUT2D eigenvalue weighted by atomic mass is 32.2. The van der Waals surface area contributed by atoms with Crippen molar-refractivity contribution in [1.82, 2.24) is 9.21 Å². The molecule has 7 nitrogen and oxygen atoms in total. The van der Waals surface area contributed by atoms with Crippen molar-refractivity contribution in [3.63, 3.8) is 0 Å². The van der Waals surface area contributed by atoms with Gasteiger partial charge in [0.1, 0.15) is 10.3 Å². The van der Waals surface area contributed by atoms with Crippen molar-refractivity contribution in [2.24, 2.45) is 0 Å². The third-order valence-corrected chi connectivity index (χ3v) is 7.93. The van der Waals surface area contributed by atoms with Crippen LogP contribution in [0.5, 0.6) is 0 Å². The van der Waals surface area contributed by atoms with Crippen molar-refractivity contribution in [1.29, 1.82) is 0 Å². The third kappa shape index (κ3) is 3.33. The summed E-state index contributed by atoms with van der Waals surface area (Å²) in [5.74, 6) is -1.24. The number of sulfonamides is 1. The molecule has 2 aliphatic heterocycles. The zero-order valence-corrected chi connectivity index (χ0v) is 14.8. The Hall–Kier alpha value is -1.45. The molecule has 0 spiro atoms. The van der Waals surface area contributed by atoms with Crippen LogP contribution in [-0.2, 0) is 26.0 Å². The van der Waals surface area contributed by atoms with Gasteiger partial charge in [-0.3, -0.25) is 4.79 Å². The smallest absolute Gasteiger partial charge is 0.326 e. The highest BCUT2D eigenvalue weighted by Gasteiger charge is 2.34. The Kier molecular flexibility index (Phi) is 4.93. The Morgan fingerprint density at radius 3 is 2.54 bits per heavy atom. The van der Waals surface area contributed by atoms with Crippen molar-refractivity contribution in [2.45, 2.75) is 42.4 Å². The third-order valence-electron chi connectivity index (χ3n) is 4.48. The van der Waals surface area contributed by atoms with Gasteiger partial charge in [0, 0.05) is 24.5 Å². The van der Waals surface area contributed by atoms with E-state index in [0.717, 1.165) is 24.2 Å². The zero-order chi connectivity index (χ0) is 17.3. The number of hydrogen-bond acceptors (Lipinski definition) is 5. The maximum absolute atomic E-state index is 12.5. The molecule has 0 radical (unpaired) electrons. The van der Waals surface area contributed by atoms with E-state index in [1.54, 1.807) is 12.1 Å². The van der Waals surface area contributed by atoms with Gasteiger partial charge in [-0.25, -0.2) is 13.2 Å². The standard InChI is InChI=1S/C15H20N2O5S2/c18-13(17-9-3-4-12(17)15(19)20)10-11-5-6-14(23-11)24(21,22)16-7-1-2-8-16/h5-6,12H,1-4,7-10H2,(H,19,20)/t12-/m1/s1. The molecule has 0 unspecified atom stereocenters. The molecule has 2 aliphatic rings. The van der Waals surface area contributed by atoms with Gasteiger partial charge < -0.3 is 10.0 Å². The summed E-state index contributed by atoms with van der Waals surface area (Å²) >= 11 is 1.10. The molecule has 9 heteroatoms. The van der Waals surface area contributed by atoms with Crippen molar-refractivity contribution in [2.75, 3.05) is 19.6 Å². The van der Waals surface area contributed by atoms with E-state index in [0.29, 0.717) is 37.4 Å². The molecule has 0 aromatic carbocycles. The maximum Gasteiger partial charge on any atom is 0.326 e. The van der Waals surface area contributed by atoms with Crippen LogP contribution in [-0.4, -0.2) is 60.3 Å². The summed E-state index contributed by atoms with van der Waals surface area (Å²) in [6.07, 6.45) is 2.95. The second kappa shape index (κ2) is 6.81. The van der Waals surface area contributed by atoms with Crippen LogP contribution >= 0.6 is 11.3 Å². The molecule has 0 saturated carbocycles. The first kappa shape index (κ1) is 17.4. The molecule has 1 aromatic rings. The molecule has 3 rings (SSSR count). The summed E-state index contributed by atoms with van der Waals surface area (Å²) in [7, 11) is -3.46. The molecule has 2 saturated heterocycles. The van der Waals surface area contributed by atoms with E-state index in [1.807, 2.05) is 0 Å². The first-order chi connectivity index (χ1) is 11.4. The van der Waals surface area contributed by atoms with Gasteiger partial charge >= 0.3 is 5.97 Å². The van der Waals surface area contributed by atoms with Crippen molar-refractivity contribution >= 4 is 33.2 Å². The van der Waals surface area contributed by atoms with Gasteiger partial charge in [-0.15, -0.1) is 11.3 Å². The molecule has 0 aliphatic carbocycles. The van der Waals surface area contributed by atoms with Gasteiger partial charge in [-0.1, -0.05) is 0 Å². The van der Waals surface area contributed by atoms with E-state index in [9.17, 15) is 18.0 Å². The van der Waals surface area contributed by atoms with E-state index >= 15 is 0 Å². The van der Waals surface area contributed by atoms with Gasteiger partial charge in [0.05, 0.1) is 6.42 Å². The van der Waals surface area contributed by atoms with Gasteiger partial charge in [-0.2, -0.15) is 4.31 Å². The minimum atomic E-state index is -3.46. The average molecular weight is 372 g/mol. The largest absolute Gasteiger partial charge is 0.480 e. The Morgan fingerprint density at radius 1 is 1.17 bits per heavy atom. The zero-order valence-electron chi connectivity index (χ0n) is 13.2. The number of amides is 1. The Bertz CT molecular complexity index is 737. The number of carbonyl (C=O) groups excluding carboxylic acids is 1. The second-order valence-electron chi connectivity index (χ2n) is 6.09. The molecule has 1 aromatic heterocycles. The molecular weight excluding hydrogens is 352 g/mol. The number of nitrogens with zero attached hydrogens (tertiary/aromatic N) is 2. The molecule has 3 heterocycles. The number of thiophene rings is 1. The lowest BCUT2D eigenvalue weighted by Crippen LogP contribution is -2.41. The Labute approximate surface area is 144 Å². The molecular formula is C15H20N2O5S2. The molecule has 0 bridgehead atoms. The number of carbonyl (C=O) groups is 2. The summed E-state index contributed by atoms with van der Waals surface area (Å²) in [5, 5.41) is 9.15. The summed E-state index contributed by atoms with van der Waals surface area (Å²) in [6, 6.07) is 2.43. The summed E-state index contributed by atoms with van der Waals surface area (Å²) in [5.41, 5.74) is 0. The van der Waals surface area contributed by atoms with E-state index in [1.165, 1.54) is 9.21 Å². The number of likely N-dealkylation sites (tertiary alicyclic amines) is 1. The lowest BCUT2D eigenvalue weighted by molar-refractivity contribution is -0.147. The van der Waals surface area contributed by atoms with Gasteiger partial charge in [-0.05, 0) is 37.8 Å². The number of carboxylic acid groups (broad SMARTS) is 1. The van der Waals surface area contributed by atoms with Crippen LogP contribution in [0.4, 0.5) is 0 Å². The summed E-state index contributed by atoms with van der Waals surface area (Å²) in [4.78, 5) is 25.6. The van der Waals surface area contributed by atoms with Crippen molar-refractivity contribution in [3.8, 4) is 0 Å². The highest BCUT2D eigenvalue weighted by Crippen LogP contribution is 2.28. The van der Waals surface area contributed by atoms with E-state index in [2.05, 4.69) is 0 Å². The fourth-order valence-electron chi connectivity index (χ4n) is 3.22. The Morgan fingerprint density at radius 2 is 1.88 bits per heavy atom. The van der Waals surface area contributed by atoms with E-state index in [4.69, 9.17) is 5.11 Å². The Balaban J connectivity index is 1.70. The van der Waals surface area contributed by atoms with Crippen molar-refractivity contribution < 1.29 is 23.1 Å². The summed E-state index contributed by atoms with van der Waals surface area (Å²) in [6.45, 7) is 1.53. The van der Waals surface area contributed by atoms with Gasteiger partial charge in [0.2, 0.25) is 5.91 Å². The maximum atomic E-state index is 12.5. The number of hydrogen-bond donors (Lipinski definition) is 1. The predicted molar refractivity (Wildman–Crippen MR) is 88.4 cm³/mol. The number of carboxylic acids is 1. The quantitative estimate of drug-likeness (QED) is 0.837. The molecule has 2 fully saturated rings. The molecule has 1 amide bonds. The van der Waals surface area contributed by atoms with Crippen LogP contribution < -0.4 is 0 Å². The van der Waals surface area contributed by atoms with E-state index < -0.39 is 22.0 Å².